The number of fused-ring (bicyclic) bond motifs is 1. The lowest BCUT2D eigenvalue weighted by Gasteiger charge is -2.04. The van der Waals surface area contributed by atoms with Crippen molar-refractivity contribution in [3.63, 3.8) is 0 Å². The molecule has 0 fully saturated rings. The molecule has 7 nitrogen and oxygen atoms in total. The van der Waals surface area contributed by atoms with Crippen LogP contribution in [-0.4, -0.2) is 34.7 Å². The Morgan fingerprint density at radius 3 is 2.57 bits per heavy atom. The minimum Gasteiger partial charge on any atom is -0.455 e. The second-order valence-corrected chi connectivity index (χ2v) is 6.16. The maximum Gasteiger partial charge on any atom is 0.338 e. The minimum absolute atomic E-state index is 0.145. The summed E-state index contributed by atoms with van der Waals surface area (Å²) in [5.74, 6) is -1.63. The zero-order chi connectivity index (χ0) is 19.8. The maximum atomic E-state index is 13.0. The average molecular weight is 380 g/mol. The molecule has 1 aromatic heterocycles. The van der Waals surface area contributed by atoms with Crippen molar-refractivity contribution >= 4 is 17.8 Å². The molecule has 0 saturated carbocycles. The molecule has 0 unspecified atom stereocenters. The molecule has 2 amide bonds. The topological polar surface area (TPSA) is 89.7 Å². The smallest absolute Gasteiger partial charge is 0.338 e. The highest BCUT2D eigenvalue weighted by Crippen LogP contribution is 2.23. The van der Waals surface area contributed by atoms with Gasteiger partial charge in [0, 0.05) is 12.6 Å². The number of carbonyl (C=O) groups is 3. The lowest BCUT2D eigenvalue weighted by Crippen LogP contribution is -2.24. The van der Waals surface area contributed by atoms with Crippen LogP contribution < -0.4 is 0 Å². The highest BCUT2D eigenvalue weighted by Gasteiger charge is 2.33. The van der Waals surface area contributed by atoms with Gasteiger partial charge in [0.15, 0.2) is 0 Å². The van der Waals surface area contributed by atoms with Crippen LogP contribution in [0.4, 0.5) is 4.39 Å². The molecule has 0 radical (unpaired) electrons. The summed E-state index contributed by atoms with van der Waals surface area (Å²) in [7, 11) is 1.38. The molecule has 2 aromatic carbocycles. The van der Waals surface area contributed by atoms with Gasteiger partial charge in [-0.3, -0.25) is 14.5 Å². The zero-order valence-electron chi connectivity index (χ0n) is 14.6. The van der Waals surface area contributed by atoms with Crippen LogP contribution in [0.5, 0.6) is 0 Å². The lowest BCUT2D eigenvalue weighted by molar-refractivity contribution is 0.0467. The molecule has 4 rings (SSSR count). The molecule has 0 saturated heterocycles. The fourth-order valence-corrected chi connectivity index (χ4v) is 2.81. The van der Waals surface area contributed by atoms with Crippen molar-refractivity contribution in [3.8, 4) is 11.5 Å². The molecule has 0 N–H and O–H groups in total. The van der Waals surface area contributed by atoms with Gasteiger partial charge in [-0.1, -0.05) is 0 Å². The van der Waals surface area contributed by atoms with Crippen LogP contribution >= 0.6 is 0 Å². The van der Waals surface area contributed by atoms with Gasteiger partial charge < -0.3 is 9.15 Å². The highest BCUT2D eigenvalue weighted by atomic mass is 19.1. The fourth-order valence-electron chi connectivity index (χ4n) is 2.81. The van der Waals surface area contributed by atoms with Crippen LogP contribution in [0, 0.1) is 5.82 Å². The van der Waals surface area contributed by atoms with E-state index in [-0.39, 0.29) is 35.0 Å². The number of oxazole rings is 1. The van der Waals surface area contributed by atoms with E-state index in [2.05, 4.69) is 4.98 Å². The van der Waals surface area contributed by atoms with Gasteiger partial charge in [-0.05, 0) is 42.5 Å². The van der Waals surface area contributed by atoms with Crippen LogP contribution in [-0.2, 0) is 11.3 Å². The van der Waals surface area contributed by atoms with Gasteiger partial charge in [0.25, 0.3) is 11.8 Å². The number of benzene rings is 2. The molecule has 1 aliphatic heterocycles. The average Bonchev–Trinajstić information content (AvgIpc) is 3.26. The second-order valence-electron chi connectivity index (χ2n) is 6.16. The molecule has 140 valence electrons. The van der Waals surface area contributed by atoms with Crippen molar-refractivity contribution in [2.45, 2.75) is 6.61 Å². The van der Waals surface area contributed by atoms with E-state index in [4.69, 9.17) is 9.15 Å². The predicted octanol–water partition coefficient (Wildman–Crippen LogP) is 3.06. The molecule has 0 aliphatic carbocycles. The number of aromatic nitrogens is 1. The summed E-state index contributed by atoms with van der Waals surface area (Å²) < 4.78 is 23.5. The van der Waals surface area contributed by atoms with Gasteiger partial charge in [-0.25, -0.2) is 14.2 Å². The quantitative estimate of drug-likeness (QED) is 0.510. The number of carbonyl (C=O) groups excluding carboxylic acids is 3. The Balaban J connectivity index is 1.45. The zero-order valence-corrected chi connectivity index (χ0v) is 14.6. The Kier molecular flexibility index (Phi) is 4.23. The summed E-state index contributed by atoms with van der Waals surface area (Å²) >= 11 is 0. The summed E-state index contributed by atoms with van der Waals surface area (Å²) in [6.07, 6.45) is 1.34. The first-order chi connectivity index (χ1) is 13.4. The Morgan fingerprint density at radius 2 is 1.82 bits per heavy atom. The Hall–Kier alpha value is -3.81. The Bertz CT molecular complexity index is 1100. The number of hydrogen-bond donors (Lipinski definition) is 0. The van der Waals surface area contributed by atoms with Gasteiger partial charge in [-0.2, -0.15) is 0 Å². The molecule has 1 aliphatic rings. The predicted molar refractivity (Wildman–Crippen MR) is 93.9 cm³/mol. The van der Waals surface area contributed by atoms with Gasteiger partial charge in [0.05, 0.1) is 16.7 Å². The molecule has 0 bridgehead atoms. The third-order valence-corrected chi connectivity index (χ3v) is 4.32. The number of nitrogens with zero attached hydrogens (tertiary/aromatic N) is 2. The third kappa shape index (κ3) is 3.05. The second kappa shape index (κ2) is 6.73. The maximum absolute atomic E-state index is 13.0. The number of halogens is 1. The fraction of sp³-hybridized carbons (Fsp3) is 0.100. The molecule has 2 heterocycles. The van der Waals surface area contributed by atoms with Crippen molar-refractivity contribution in [1.29, 1.82) is 0 Å². The summed E-state index contributed by atoms with van der Waals surface area (Å²) in [6, 6.07) is 9.82. The number of imide groups is 1. The largest absolute Gasteiger partial charge is 0.455 e. The number of amides is 2. The van der Waals surface area contributed by atoms with Crippen LogP contribution in [0.25, 0.3) is 11.5 Å². The van der Waals surface area contributed by atoms with Crippen molar-refractivity contribution < 1.29 is 27.9 Å². The van der Waals surface area contributed by atoms with Crippen LogP contribution in [0.3, 0.4) is 0 Å². The standard InChI is InChI=1S/C20H13FN2O5/c1-23-18(24)15-7-4-12(8-16(15)19(23)25)20(26)28-10-14-9-27-17(22-14)11-2-5-13(21)6-3-11/h2-9H,10H2,1H3. The number of rotatable bonds is 4. The van der Waals surface area contributed by atoms with E-state index in [0.29, 0.717) is 11.3 Å². The summed E-state index contributed by atoms with van der Waals surface area (Å²) in [4.78, 5) is 41.4. The monoisotopic (exact) mass is 380 g/mol. The van der Waals surface area contributed by atoms with Crippen LogP contribution in [0.15, 0.2) is 53.1 Å². The van der Waals surface area contributed by atoms with Crippen molar-refractivity contribution in [2.75, 3.05) is 7.05 Å². The molecular weight excluding hydrogens is 367 g/mol. The van der Waals surface area contributed by atoms with E-state index in [0.717, 1.165) is 4.90 Å². The normalized spacial score (nSPS) is 13.0. The van der Waals surface area contributed by atoms with E-state index in [9.17, 15) is 18.8 Å². The lowest BCUT2D eigenvalue weighted by atomic mass is 10.1. The molecule has 28 heavy (non-hydrogen) atoms. The van der Waals surface area contributed by atoms with Crippen molar-refractivity contribution in [2.24, 2.45) is 0 Å². The van der Waals surface area contributed by atoms with Gasteiger partial charge in [0.2, 0.25) is 5.89 Å². The van der Waals surface area contributed by atoms with Crippen molar-refractivity contribution in [1.82, 2.24) is 9.88 Å². The number of esters is 1. The van der Waals surface area contributed by atoms with E-state index < -0.39 is 17.8 Å². The summed E-state index contributed by atoms with van der Waals surface area (Å²) in [6.45, 7) is -0.145. The SMILES string of the molecule is CN1C(=O)c2ccc(C(=O)OCc3coc(-c4ccc(F)cc4)n3)cc2C1=O. The van der Waals surface area contributed by atoms with E-state index in [1.807, 2.05) is 0 Å². The summed E-state index contributed by atoms with van der Waals surface area (Å²) in [5, 5.41) is 0. The Labute approximate surface area is 158 Å². The first kappa shape index (κ1) is 17.6. The molecule has 8 heteroatoms. The van der Waals surface area contributed by atoms with Crippen LogP contribution in [0.1, 0.15) is 36.8 Å². The number of hydrogen-bond acceptors (Lipinski definition) is 6. The molecule has 3 aromatic rings. The third-order valence-electron chi connectivity index (χ3n) is 4.32. The Morgan fingerprint density at radius 1 is 1.11 bits per heavy atom. The van der Waals surface area contributed by atoms with Crippen LogP contribution in [0.2, 0.25) is 0 Å². The van der Waals surface area contributed by atoms with Crippen molar-refractivity contribution in [3.05, 3.63) is 76.9 Å². The molecular formula is C20H13FN2O5. The van der Waals surface area contributed by atoms with E-state index in [1.165, 1.54) is 55.8 Å². The van der Waals surface area contributed by atoms with E-state index >= 15 is 0 Å². The van der Waals surface area contributed by atoms with E-state index in [1.54, 1.807) is 0 Å². The molecule has 0 spiro atoms. The molecule has 0 atom stereocenters. The first-order valence-corrected chi connectivity index (χ1v) is 8.28. The minimum atomic E-state index is -0.663. The van der Waals surface area contributed by atoms with Gasteiger partial charge >= 0.3 is 5.97 Å². The van der Waals surface area contributed by atoms with Gasteiger partial charge in [-0.15, -0.1) is 0 Å². The first-order valence-electron chi connectivity index (χ1n) is 8.28. The summed E-state index contributed by atoms with van der Waals surface area (Å²) in [5.41, 5.74) is 1.54. The van der Waals surface area contributed by atoms with Gasteiger partial charge in [0.1, 0.15) is 24.4 Å². The number of ether oxygens (including phenoxy) is 1. The highest BCUT2D eigenvalue weighted by molar-refractivity contribution is 6.21.